The molecule has 120 valence electrons. The van der Waals surface area contributed by atoms with E-state index >= 15 is 0 Å². The van der Waals surface area contributed by atoms with Gasteiger partial charge in [0, 0.05) is 21.6 Å². The molecule has 0 radical (unpaired) electrons. The van der Waals surface area contributed by atoms with Gasteiger partial charge in [-0.1, -0.05) is 22.0 Å². The Labute approximate surface area is 148 Å². The van der Waals surface area contributed by atoms with Gasteiger partial charge in [-0.15, -0.1) is 12.4 Å². The second-order valence-corrected chi connectivity index (χ2v) is 5.50. The molecule has 0 atom stereocenters. The van der Waals surface area contributed by atoms with Crippen molar-refractivity contribution in [2.45, 2.75) is 0 Å². The van der Waals surface area contributed by atoms with Crippen molar-refractivity contribution in [2.75, 3.05) is 19.5 Å². The van der Waals surface area contributed by atoms with Crippen LogP contribution in [-0.2, 0) is 0 Å². The molecule has 0 aliphatic heterocycles. The van der Waals surface area contributed by atoms with Crippen molar-refractivity contribution in [3.63, 3.8) is 0 Å². The molecule has 1 heterocycles. The van der Waals surface area contributed by atoms with Gasteiger partial charge in [-0.25, -0.2) is 9.97 Å². The Morgan fingerprint density at radius 3 is 2.43 bits per heavy atom. The standard InChI is InChI=1S/C16H14BrN3O2.ClH/c1-21-14-7-12-13(8-15(14)22-2)18-9-19-16(12)20-11-5-3-4-10(17)6-11;/h3-9H,1-2H3,(H,18,19,20);1H. The van der Waals surface area contributed by atoms with Gasteiger partial charge in [0.2, 0.25) is 0 Å². The lowest BCUT2D eigenvalue weighted by Crippen LogP contribution is -1.97. The number of nitrogens with zero attached hydrogens (tertiary/aromatic N) is 2. The number of methoxy groups -OCH3 is 2. The summed E-state index contributed by atoms with van der Waals surface area (Å²) in [6.07, 6.45) is 1.52. The van der Waals surface area contributed by atoms with Crippen LogP contribution in [0.3, 0.4) is 0 Å². The van der Waals surface area contributed by atoms with Crippen LogP contribution in [0.15, 0.2) is 47.2 Å². The van der Waals surface area contributed by atoms with Crippen molar-refractivity contribution in [1.29, 1.82) is 0 Å². The third-order valence-electron chi connectivity index (χ3n) is 3.23. The zero-order chi connectivity index (χ0) is 15.5. The lowest BCUT2D eigenvalue weighted by atomic mass is 10.2. The minimum absolute atomic E-state index is 0. The van der Waals surface area contributed by atoms with Gasteiger partial charge in [0.15, 0.2) is 11.5 Å². The summed E-state index contributed by atoms with van der Waals surface area (Å²) in [6, 6.07) is 11.6. The molecule has 0 spiro atoms. The Balaban J connectivity index is 0.00000192. The molecule has 0 aliphatic rings. The zero-order valence-corrected chi connectivity index (χ0v) is 14.9. The number of halogens is 2. The summed E-state index contributed by atoms with van der Waals surface area (Å²) in [5, 5.41) is 4.16. The van der Waals surface area contributed by atoms with Crippen molar-refractivity contribution < 1.29 is 9.47 Å². The Kier molecular flexibility index (Phi) is 5.63. The highest BCUT2D eigenvalue weighted by molar-refractivity contribution is 9.10. The molecule has 2 aromatic carbocycles. The van der Waals surface area contributed by atoms with Gasteiger partial charge in [-0.05, 0) is 24.3 Å². The normalized spacial score (nSPS) is 10.0. The quantitative estimate of drug-likeness (QED) is 0.700. The number of hydrogen-bond donors (Lipinski definition) is 1. The number of nitrogens with one attached hydrogen (secondary N) is 1. The summed E-state index contributed by atoms with van der Waals surface area (Å²) in [4.78, 5) is 8.62. The third kappa shape index (κ3) is 3.65. The van der Waals surface area contributed by atoms with E-state index in [0.717, 1.165) is 21.1 Å². The highest BCUT2D eigenvalue weighted by Crippen LogP contribution is 2.34. The minimum Gasteiger partial charge on any atom is -0.493 e. The molecule has 0 bridgehead atoms. The second-order valence-electron chi connectivity index (χ2n) is 4.58. The zero-order valence-electron chi connectivity index (χ0n) is 12.5. The van der Waals surface area contributed by atoms with E-state index in [4.69, 9.17) is 9.47 Å². The maximum atomic E-state index is 5.35. The first kappa shape index (κ1) is 17.3. The van der Waals surface area contributed by atoms with E-state index in [-0.39, 0.29) is 12.4 Å². The van der Waals surface area contributed by atoms with Crippen molar-refractivity contribution >= 4 is 50.7 Å². The third-order valence-corrected chi connectivity index (χ3v) is 3.72. The van der Waals surface area contributed by atoms with Gasteiger partial charge in [-0.3, -0.25) is 0 Å². The van der Waals surface area contributed by atoms with Crippen LogP contribution in [-0.4, -0.2) is 24.2 Å². The highest BCUT2D eigenvalue weighted by atomic mass is 79.9. The molecule has 1 aromatic heterocycles. The molecule has 0 saturated heterocycles. The van der Waals surface area contributed by atoms with Gasteiger partial charge in [-0.2, -0.15) is 0 Å². The molecule has 0 saturated carbocycles. The lowest BCUT2D eigenvalue weighted by Gasteiger charge is -2.12. The fourth-order valence-electron chi connectivity index (χ4n) is 2.19. The number of ether oxygens (including phenoxy) is 2. The van der Waals surface area contributed by atoms with Crippen molar-refractivity contribution in [1.82, 2.24) is 9.97 Å². The van der Waals surface area contributed by atoms with E-state index in [1.165, 1.54) is 6.33 Å². The summed E-state index contributed by atoms with van der Waals surface area (Å²) < 4.78 is 11.7. The van der Waals surface area contributed by atoms with E-state index in [0.29, 0.717) is 17.3 Å². The molecular formula is C16H15BrClN3O2. The van der Waals surface area contributed by atoms with Crippen molar-refractivity contribution in [2.24, 2.45) is 0 Å². The van der Waals surface area contributed by atoms with Crippen LogP contribution in [0.25, 0.3) is 10.9 Å². The molecule has 3 rings (SSSR count). The fourth-order valence-corrected chi connectivity index (χ4v) is 2.58. The average molecular weight is 397 g/mol. The molecular weight excluding hydrogens is 382 g/mol. The van der Waals surface area contributed by atoms with Gasteiger partial charge in [0.1, 0.15) is 12.1 Å². The maximum Gasteiger partial charge on any atom is 0.162 e. The first-order chi connectivity index (χ1) is 10.7. The van der Waals surface area contributed by atoms with E-state index in [1.54, 1.807) is 14.2 Å². The molecule has 23 heavy (non-hydrogen) atoms. The van der Waals surface area contributed by atoms with E-state index in [1.807, 2.05) is 36.4 Å². The van der Waals surface area contributed by atoms with E-state index in [9.17, 15) is 0 Å². The summed E-state index contributed by atoms with van der Waals surface area (Å²) >= 11 is 3.46. The van der Waals surface area contributed by atoms with Gasteiger partial charge in [0.05, 0.1) is 19.7 Å². The molecule has 3 aromatic rings. The van der Waals surface area contributed by atoms with Crippen LogP contribution >= 0.6 is 28.3 Å². The van der Waals surface area contributed by atoms with Crippen LogP contribution < -0.4 is 14.8 Å². The maximum absolute atomic E-state index is 5.35. The first-order valence-corrected chi connectivity index (χ1v) is 7.40. The summed E-state index contributed by atoms with van der Waals surface area (Å²) in [5.74, 6) is 1.99. The summed E-state index contributed by atoms with van der Waals surface area (Å²) in [6.45, 7) is 0. The topological polar surface area (TPSA) is 56.3 Å². The number of fused-ring (bicyclic) bond motifs is 1. The van der Waals surface area contributed by atoms with Gasteiger partial charge in [0.25, 0.3) is 0 Å². The Morgan fingerprint density at radius 1 is 1.00 bits per heavy atom. The smallest absolute Gasteiger partial charge is 0.162 e. The monoisotopic (exact) mass is 395 g/mol. The van der Waals surface area contributed by atoms with Crippen molar-refractivity contribution in [3.05, 3.63) is 47.2 Å². The predicted octanol–water partition coefficient (Wildman–Crippen LogP) is 4.57. The molecule has 7 heteroatoms. The average Bonchev–Trinajstić information content (AvgIpc) is 2.54. The van der Waals surface area contributed by atoms with Crippen LogP contribution in [0.1, 0.15) is 0 Å². The molecule has 0 amide bonds. The Hall–Kier alpha value is -2.05. The number of rotatable bonds is 4. The summed E-state index contributed by atoms with van der Waals surface area (Å²) in [7, 11) is 3.21. The van der Waals surface area contributed by atoms with Crippen molar-refractivity contribution in [3.8, 4) is 11.5 Å². The van der Waals surface area contributed by atoms with Crippen LogP contribution in [0.5, 0.6) is 11.5 Å². The fraction of sp³-hybridized carbons (Fsp3) is 0.125. The Morgan fingerprint density at radius 2 is 1.74 bits per heavy atom. The van der Waals surface area contributed by atoms with Crippen LogP contribution in [0.2, 0.25) is 0 Å². The minimum atomic E-state index is 0. The molecule has 5 nitrogen and oxygen atoms in total. The largest absolute Gasteiger partial charge is 0.493 e. The SMILES string of the molecule is COc1cc2ncnc(Nc3cccc(Br)c3)c2cc1OC.Cl. The molecule has 0 aliphatic carbocycles. The highest BCUT2D eigenvalue weighted by Gasteiger charge is 2.11. The first-order valence-electron chi connectivity index (χ1n) is 6.60. The van der Waals surface area contributed by atoms with Gasteiger partial charge < -0.3 is 14.8 Å². The summed E-state index contributed by atoms with van der Waals surface area (Å²) in [5.41, 5.74) is 1.72. The molecule has 1 N–H and O–H groups in total. The molecule has 0 unspecified atom stereocenters. The number of anilines is 2. The van der Waals surface area contributed by atoms with Gasteiger partial charge >= 0.3 is 0 Å². The second kappa shape index (κ2) is 7.48. The van der Waals surface area contributed by atoms with E-state index in [2.05, 4.69) is 31.2 Å². The Bertz CT molecular complexity index is 830. The number of aromatic nitrogens is 2. The lowest BCUT2D eigenvalue weighted by molar-refractivity contribution is 0.356. The molecule has 0 fully saturated rings. The predicted molar refractivity (Wildman–Crippen MR) is 97.3 cm³/mol. The number of benzene rings is 2. The van der Waals surface area contributed by atoms with Crippen LogP contribution in [0.4, 0.5) is 11.5 Å². The van der Waals surface area contributed by atoms with E-state index < -0.39 is 0 Å². The van der Waals surface area contributed by atoms with Crippen LogP contribution in [0, 0.1) is 0 Å². The number of hydrogen-bond acceptors (Lipinski definition) is 5.